The van der Waals surface area contributed by atoms with Gasteiger partial charge in [0, 0.05) is 37.8 Å². The van der Waals surface area contributed by atoms with Gasteiger partial charge in [0.15, 0.2) is 22.9 Å². The van der Waals surface area contributed by atoms with Gasteiger partial charge >= 0.3 is 0 Å². The molecule has 1 aromatic carbocycles. The zero-order valence-electron chi connectivity index (χ0n) is 15.9. The topological polar surface area (TPSA) is 86.3 Å². The smallest absolute Gasteiger partial charge is 0.253 e. The summed E-state index contributed by atoms with van der Waals surface area (Å²) in [5, 5.41) is 4.45. The minimum atomic E-state index is -0.150. The Labute approximate surface area is 166 Å². The Kier molecular flexibility index (Phi) is 4.33. The summed E-state index contributed by atoms with van der Waals surface area (Å²) in [5.74, 6) is 1.20. The van der Waals surface area contributed by atoms with Crippen molar-refractivity contribution in [1.82, 2.24) is 19.7 Å². The summed E-state index contributed by atoms with van der Waals surface area (Å²) >= 11 is 0. The van der Waals surface area contributed by atoms with Gasteiger partial charge in [-0.3, -0.25) is 4.79 Å². The standard InChI is InChI=1S/C21H19N5O3/c1-14(27)18-11-17-19(29-18)20(25-7-9-28-10-8-25)24-21(23-17)26-13-16(12-22-26)15-5-3-2-4-6-15/h2-6,11-13H,7-10H2,1H3. The van der Waals surface area contributed by atoms with E-state index in [0.717, 1.165) is 11.1 Å². The van der Waals surface area contributed by atoms with Gasteiger partial charge in [-0.05, 0) is 5.56 Å². The molecule has 1 fully saturated rings. The number of nitrogens with zero attached hydrogens (tertiary/aromatic N) is 5. The molecular weight excluding hydrogens is 370 g/mol. The molecule has 1 aliphatic rings. The molecule has 5 rings (SSSR count). The van der Waals surface area contributed by atoms with Crippen molar-refractivity contribution >= 4 is 22.7 Å². The summed E-state index contributed by atoms with van der Waals surface area (Å²) in [6.45, 7) is 4.08. The second kappa shape index (κ2) is 7.14. The molecule has 0 spiro atoms. The lowest BCUT2D eigenvalue weighted by Gasteiger charge is -2.27. The highest BCUT2D eigenvalue weighted by Crippen LogP contribution is 2.29. The van der Waals surface area contributed by atoms with Crippen molar-refractivity contribution in [2.45, 2.75) is 6.92 Å². The molecule has 8 heteroatoms. The van der Waals surface area contributed by atoms with E-state index < -0.39 is 0 Å². The number of benzene rings is 1. The van der Waals surface area contributed by atoms with Crippen molar-refractivity contribution in [3.8, 4) is 17.1 Å². The van der Waals surface area contributed by atoms with Crippen molar-refractivity contribution in [2.75, 3.05) is 31.2 Å². The molecule has 0 unspecified atom stereocenters. The number of anilines is 1. The summed E-state index contributed by atoms with van der Waals surface area (Å²) in [6, 6.07) is 11.7. The number of ether oxygens (including phenoxy) is 1. The molecule has 146 valence electrons. The van der Waals surface area contributed by atoms with Crippen LogP contribution in [0.3, 0.4) is 0 Å². The van der Waals surface area contributed by atoms with Crippen LogP contribution >= 0.6 is 0 Å². The molecule has 29 heavy (non-hydrogen) atoms. The molecule has 1 saturated heterocycles. The number of hydrogen-bond donors (Lipinski definition) is 0. The SMILES string of the molecule is CC(=O)c1cc2nc(-n3cc(-c4ccccc4)cn3)nc(N3CCOCC3)c2o1. The molecule has 0 aliphatic carbocycles. The summed E-state index contributed by atoms with van der Waals surface area (Å²) in [5.41, 5.74) is 3.13. The van der Waals surface area contributed by atoms with E-state index in [4.69, 9.17) is 14.1 Å². The van der Waals surface area contributed by atoms with E-state index in [1.165, 1.54) is 6.92 Å². The molecule has 3 aromatic heterocycles. The maximum Gasteiger partial charge on any atom is 0.253 e. The zero-order chi connectivity index (χ0) is 19.8. The first-order valence-electron chi connectivity index (χ1n) is 9.45. The fourth-order valence-corrected chi connectivity index (χ4v) is 3.38. The van der Waals surface area contributed by atoms with Gasteiger partial charge < -0.3 is 14.1 Å². The van der Waals surface area contributed by atoms with Crippen LogP contribution in [0.4, 0.5) is 5.82 Å². The molecule has 0 atom stereocenters. The summed E-state index contributed by atoms with van der Waals surface area (Å²) in [6.07, 6.45) is 3.68. The Morgan fingerprint density at radius 3 is 2.62 bits per heavy atom. The molecule has 0 amide bonds. The van der Waals surface area contributed by atoms with Crippen LogP contribution in [0.25, 0.3) is 28.2 Å². The highest BCUT2D eigenvalue weighted by atomic mass is 16.5. The molecule has 4 heterocycles. The quantitative estimate of drug-likeness (QED) is 0.496. The van der Waals surface area contributed by atoms with E-state index in [-0.39, 0.29) is 11.5 Å². The summed E-state index contributed by atoms with van der Waals surface area (Å²) in [7, 11) is 0. The van der Waals surface area contributed by atoms with Crippen LogP contribution in [-0.4, -0.2) is 51.8 Å². The van der Waals surface area contributed by atoms with Crippen molar-refractivity contribution < 1.29 is 13.9 Å². The van der Waals surface area contributed by atoms with Crippen LogP contribution in [0, 0.1) is 0 Å². The van der Waals surface area contributed by atoms with Crippen molar-refractivity contribution in [1.29, 1.82) is 0 Å². The first-order valence-corrected chi connectivity index (χ1v) is 9.45. The van der Waals surface area contributed by atoms with Gasteiger partial charge in [0.25, 0.3) is 5.95 Å². The largest absolute Gasteiger partial charge is 0.447 e. The second-order valence-corrected chi connectivity index (χ2v) is 6.87. The normalized spacial score (nSPS) is 14.4. The molecule has 8 nitrogen and oxygen atoms in total. The van der Waals surface area contributed by atoms with E-state index in [9.17, 15) is 4.79 Å². The number of fused-ring (bicyclic) bond motifs is 1. The number of carbonyl (C=O) groups excluding carboxylic acids is 1. The molecule has 1 aliphatic heterocycles. The number of rotatable bonds is 4. The van der Waals surface area contributed by atoms with Crippen LogP contribution < -0.4 is 4.90 Å². The zero-order valence-corrected chi connectivity index (χ0v) is 15.9. The van der Waals surface area contributed by atoms with Crippen molar-refractivity contribution in [2.24, 2.45) is 0 Å². The minimum absolute atomic E-state index is 0.150. The van der Waals surface area contributed by atoms with E-state index in [0.29, 0.717) is 49.2 Å². The molecule has 0 N–H and O–H groups in total. The Morgan fingerprint density at radius 1 is 1.07 bits per heavy atom. The van der Waals surface area contributed by atoms with Crippen LogP contribution in [0.15, 0.2) is 53.2 Å². The highest BCUT2D eigenvalue weighted by Gasteiger charge is 2.22. The number of Topliss-reactive ketones (excluding diaryl/α,β-unsaturated/α-hetero) is 1. The lowest BCUT2D eigenvalue weighted by atomic mass is 10.1. The predicted molar refractivity (Wildman–Crippen MR) is 107 cm³/mol. The number of carbonyl (C=O) groups is 1. The van der Waals surface area contributed by atoms with Crippen LogP contribution in [0.1, 0.15) is 17.5 Å². The molecule has 4 aromatic rings. The minimum Gasteiger partial charge on any atom is -0.447 e. The van der Waals surface area contributed by atoms with Gasteiger partial charge in [-0.15, -0.1) is 0 Å². The van der Waals surface area contributed by atoms with Crippen molar-refractivity contribution in [3.05, 3.63) is 54.6 Å². The first kappa shape index (κ1) is 17.6. The van der Waals surface area contributed by atoms with Gasteiger partial charge in [-0.25, -0.2) is 9.67 Å². The number of hydrogen-bond acceptors (Lipinski definition) is 7. The van der Waals surface area contributed by atoms with E-state index in [1.54, 1.807) is 16.9 Å². The average Bonchev–Trinajstić information content (AvgIpc) is 3.42. The molecule has 0 saturated carbocycles. The maximum atomic E-state index is 11.8. The monoisotopic (exact) mass is 389 g/mol. The fourth-order valence-electron chi connectivity index (χ4n) is 3.38. The number of morpholine rings is 1. The Hall–Kier alpha value is -3.52. The second-order valence-electron chi connectivity index (χ2n) is 6.87. The third-order valence-electron chi connectivity index (χ3n) is 4.89. The third kappa shape index (κ3) is 3.27. The van der Waals surface area contributed by atoms with Gasteiger partial charge in [0.05, 0.1) is 19.4 Å². The first-order chi connectivity index (χ1) is 14.2. The van der Waals surface area contributed by atoms with Gasteiger partial charge in [0.1, 0.15) is 5.52 Å². The van der Waals surface area contributed by atoms with Gasteiger partial charge in [-0.2, -0.15) is 10.1 Å². The lowest BCUT2D eigenvalue weighted by Crippen LogP contribution is -2.37. The predicted octanol–water partition coefficient (Wildman–Crippen LogP) is 3.11. The number of ketones is 1. The van der Waals surface area contributed by atoms with Crippen LogP contribution in [-0.2, 0) is 4.74 Å². The maximum absolute atomic E-state index is 11.8. The molecular formula is C21H19N5O3. The number of furan rings is 1. The number of aromatic nitrogens is 4. The van der Waals surface area contributed by atoms with Crippen LogP contribution in [0.5, 0.6) is 0 Å². The fraction of sp³-hybridized carbons (Fsp3) is 0.238. The molecule has 0 bridgehead atoms. The lowest BCUT2D eigenvalue weighted by molar-refractivity contribution is 0.0989. The van der Waals surface area contributed by atoms with E-state index in [1.807, 2.05) is 36.5 Å². The molecule has 0 radical (unpaired) electrons. The summed E-state index contributed by atoms with van der Waals surface area (Å²) < 4.78 is 12.9. The van der Waals surface area contributed by atoms with Crippen LogP contribution in [0.2, 0.25) is 0 Å². The van der Waals surface area contributed by atoms with E-state index in [2.05, 4.69) is 15.0 Å². The van der Waals surface area contributed by atoms with E-state index >= 15 is 0 Å². The summed E-state index contributed by atoms with van der Waals surface area (Å²) in [4.78, 5) is 23.2. The Bertz CT molecular complexity index is 1180. The highest BCUT2D eigenvalue weighted by molar-refractivity contribution is 5.97. The van der Waals surface area contributed by atoms with Gasteiger partial charge in [-0.1, -0.05) is 30.3 Å². The third-order valence-corrected chi connectivity index (χ3v) is 4.89. The van der Waals surface area contributed by atoms with Gasteiger partial charge in [0.2, 0.25) is 0 Å². The Morgan fingerprint density at radius 2 is 1.86 bits per heavy atom. The van der Waals surface area contributed by atoms with Crippen molar-refractivity contribution in [3.63, 3.8) is 0 Å². The Balaban J connectivity index is 1.62. The average molecular weight is 389 g/mol.